The number of carbonyl (C=O) groups is 1. The number of β-amino-alcohol motifs (C(OH)–C–C–N with tert-alkyl or cyclic N) is 1. The zero-order valence-electron chi connectivity index (χ0n) is 21.3. The van der Waals surface area contributed by atoms with Crippen molar-refractivity contribution in [2.45, 2.75) is 38.1 Å². The number of likely N-dealkylation sites (tertiary alicyclic amines) is 2. The van der Waals surface area contributed by atoms with Crippen LogP contribution in [0.2, 0.25) is 0 Å². The second-order valence-electron chi connectivity index (χ2n) is 10.6. The number of nitrogens with one attached hydrogen (secondary N) is 1. The highest BCUT2D eigenvalue weighted by Crippen LogP contribution is 2.28. The fraction of sp³-hybridized carbons (Fsp3) is 0.345. The third kappa shape index (κ3) is 5.12. The lowest BCUT2D eigenvalue weighted by Gasteiger charge is -2.35. The fourth-order valence-electron chi connectivity index (χ4n) is 5.04. The van der Waals surface area contributed by atoms with Gasteiger partial charge in [0.2, 0.25) is 5.95 Å². The van der Waals surface area contributed by atoms with Crippen LogP contribution in [0.5, 0.6) is 0 Å². The molecule has 4 heterocycles. The number of aliphatic hydroxyl groups excluding tert-OH is 1. The number of fused-ring (bicyclic) bond motifs is 1. The number of hydrogen-bond donors (Lipinski definition) is 2. The quantitative estimate of drug-likeness (QED) is 0.400. The number of benzene rings is 2. The standard InChI is InChI=1S/C29H31FN6O2/c1-29(30)12-15-34(16-13-29)17-20-4-6-21(7-5-20)25-3-2-14-36-26(25)32-28(33-36)31-23-10-8-22(9-11-23)27(38)35-18-24(37)19-35/h2-11,14,24,37H,12-13,15-19H2,1H3,(H,31,33). The Balaban J connectivity index is 1.14. The van der Waals surface area contributed by atoms with Crippen LogP contribution in [0.1, 0.15) is 35.7 Å². The molecule has 1 amide bonds. The monoisotopic (exact) mass is 514 g/mol. The Labute approximate surface area is 220 Å². The molecule has 0 atom stereocenters. The number of anilines is 2. The van der Waals surface area contributed by atoms with Crippen molar-refractivity contribution >= 4 is 23.2 Å². The maximum absolute atomic E-state index is 14.1. The van der Waals surface area contributed by atoms with Gasteiger partial charge in [-0.25, -0.2) is 8.91 Å². The molecule has 0 saturated carbocycles. The minimum Gasteiger partial charge on any atom is -0.389 e. The second kappa shape index (κ2) is 9.81. The first-order chi connectivity index (χ1) is 18.3. The lowest BCUT2D eigenvalue weighted by Crippen LogP contribution is -2.53. The Hall–Kier alpha value is -3.82. The summed E-state index contributed by atoms with van der Waals surface area (Å²) in [5.41, 5.74) is 4.29. The summed E-state index contributed by atoms with van der Waals surface area (Å²) in [4.78, 5) is 21.1. The van der Waals surface area contributed by atoms with E-state index in [1.165, 1.54) is 5.56 Å². The van der Waals surface area contributed by atoms with Crippen molar-refractivity contribution in [3.05, 3.63) is 78.0 Å². The maximum Gasteiger partial charge on any atom is 0.254 e. The largest absolute Gasteiger partial charge is 0.389 e. The van der Waals surface area contributed by atoms with Crippen LogP contribution in [0.25, 0.3) is 16.8 Å². The third-order valence-corrected chi connectivity index (χ3v) is 7.47. The summed E-state index contributed by atoms with van der Waals surface area (Å²) in [6, 6.07) is 19.6. The van der Waals surface area contributed by atoms with Gasteiger partial charge in [0, 0.05) is 55.7 Å². The molecule has 8 nitrogen and oxygen atoms in total. The zero-order valence-corrected chi connectivity index (χ0v) is 21.3. The van der Waals surface area contributed by atoms with Crippen molar-refractivity contribution in [1.29, 1.82) is 0 Å². The Kier molecular flexibility index (Phi) is 6.33. The molecule has 2 N–H and O–H groups in total. The van der Waals surface area contributed by atoms with E-state index in [2.05, 4.69) is 39.6 Å². The van der Waals surface area contributed by atoms with Crippen LogP contribution < -0.4 is 5.32 Å². The van der Waals surface area contributed by atoms with Crippen LogP contribution in [0.4, 0.5) is 16.0 Å². The Bertz CT molecular complexity index is 1430. The van der Waals surface area contributed by atoms with Crippen LogP contribution in [-0.2, 0) is 6.54 Å². The van der Waals surface area contributed by atoms with Gasteiger partial charge in [-0.2, -0.15) is 4.98 Å². The molecule has 2 aliphatic heterocycles. The summed E-state index contributed by atoms with van der Waals surface area (Å²) < 4.78 is 15.9. The Morgan fingerprint density at radius 3 is 2.47 bits per heavy atom. The average Bonchev–Trinajstić information content (AvgIpc) is 3.31. The number of hydrogen-bond acceptors (Lipinski definition) is 6. The molecule has 2 aromatic carbocycles. The number of halogens is 1. The molecule has 9 heteroatoms. The van der Waals surface area contributed by atoms with Crippen molar-refractivity contribution in [2.24, 2.45) is 0 Å². The van der Waals surface area contributed by atoms with E-state index < -0.39 is 11.8 Å². The van der Waals surface area contributed by atoms with E-state index in [0.29, 0.717) is 37.4 Å². The number of pyridine rings is 1. The fourth-order valence-corrected chi connectivity index (χ4v) is 5.04. The summed E-state index contributed by atoms with van der Waals surface area (Å²) in [6.07, 6.45) is 2.62. The topological polar surface area (TPSA) is 86.0 Å². The van der Waals surface area contributed by atoms with E-state index in [-0.39, 0.29) is 5.91 Å². The smallest absolute Gasteiger partial charge is 0.254 e. The summed E-state index contributed by atoms with van der Waals surface area (Å²) in [6.45, 7) is 4.85. The van der Waals surface area contributed by atoms with Crippen molar-refractivity contribution in [3.63, 3.8) is 0 Å². The molecule has 0 unspecified atom stereocenters. The molecule has 0 bridgehead atoms. The van der Waals surface area contributed by atoms with Crippen LogP contribution in [0, 0.1) is 0 Å². The number of piperidine rings is 1. The van der Waals surface area contributed by atoms with Crippen LogP contribution in [0.15, 0.2) is 66.9 Å². The lowest BCUT2D eigenvalue weighted by atomic mass is 9.95. The van der Waals surface area contributed by atoms with Crippen LogP contribution >= 0.6 is 0 Å². The van der Waals surface area contributed by atoms with Gasteiger partial charge < -0.3 is 15.3 Å². The first-order valence-corrected chi connectivity index (χ1v) is 13.0. The average molecular weight is 515 g/mol. The Morgan fingerprint density at radius 1 is 1.08 bits per heavy atom. The molecule has 0 aliphatic carbocycles. The molecule has 2 aromatic heterocycles. The first-order valence-electron chi connectivity index (χ1n) is 13.0. The van der Waals surface area contributed by atoms with E-state index in [9.17, 15) is 14.3 Å². The molecule has 0 radical (unpaired) electrons. The molecular formula is C29H31FN6O2. The van der Waals surface area contributed by atoms with Gasteiger partial charge in [-0.05, 0) is 67.3 Å². The van der Waals surface area contributed by atoms with Gasteiger partial charge >= 0.3 is 0 Å². The number of aliphatic hydroxyl groups is 1. The number of amides is 1. The number of alkyl halides is 1. The van der Waals surface area contributed by atoms with Gasteiger partial charge in [0.25, 0.3) is 5.91 Å². The van der Waals surface area contributed by atoms with Crippen molar-refractivity contribution in [2.75, 3.05) is 31.5 Å². The number of aromatic nitrogens is 3. The predicted octanol–water partition coefficient (Wildman–Crippen LogP) is 4.28. The number of carbonyl (C=O) groups excluding carboxylic acids is 1. The lowest BCUT2D eigenvalue weighted by molar-refractivity contribution is 0.00590. The predicted molar refractivity (Wildman–Crippen MR) is 144 cm³/mol. The molecule has 6 rings (SSSR count). The van der Waals surface area contributed by atoms with Gasteiger partial charge in [0.1, 0.15) is 5.67 Å². The molecular weight excluding hydrogens is 483 g/mol. The van der Waals surface area contributed by atoms with Gasteiger partial charge in [0.15, 0.2) is 5.65 Å². The first kappa shape index (κ1) is 24.5. The van der Waals surface area contributed by atoms with Gasteiger partial charge in [-0.1, -0.05) is 24.3 Å². The summed E-state index contributed by atoms with van der Waals surface area (Å²) >= 11 is 0. The molecule has 2 aliphatic rings. The highest BCUT2D eigenvalue weighted by atomic mass is 19.1. The molecule has 4 aromatic rings. The van der Waals surface area contributed by atoms with Gasteiger partial charge in [-0.15, -0.1) is 5.10 Å². The minimum atomic E-state index is -1.04. The highest BCUT2D eigenvalue weighted by Gasteiger charge is 2.30. The highest BCUT2D eigenvalue weighted by molar-refractivity contribution is 5.95. The van der Waals surface area contributed by atoms with Gasteiger partial charge in [0.05, 0.1) is 6.10 Å². The zero-order chi connectivity index (χ0) is 26.3. The molecule has 196 valence electrons. The summed E-state index contributed by atoms with van der Waals surface area (Å²) in [7, 11) is 0. The number of nitrogens with zero attached hydrogens (tertiary/aromatic N) is 5. The molecule has 38 heavy (non-hydrogen) atoms. The van der Waals surface area contributed by atoms with Crippen LogP contribution in [0.3, 0.4) is 0 Å². The van der Waals surface area contributed by atoms with Crippen LogP contribution in [-0.4, -0.2) is 73.4 Å². The van der Waals surface area contributed by atoms with Crippen molar-refractivity contribution < 1.29 is 14.3 Å². The second-order valence-corrected chi connectivity index (χ2v) is 10.6. The molecule has 2 fully saturated rings. The van der Waals surface area contributed by atoms with E-state index in [4.69, 9.17) is 4.98 Å². The van der Waals surface area contributed by atoms with E-state index in [1.54, 1.807) is 28.5 Å². The minimum absolute atomic E-state index is 0.0814. The molecule has 0 spiro atoms. The van der Waals surface area contributed by atoms with E-state index >= 15 is 0 Å². The normalized spacial score (nSPS) is 17.9. The van der Waals surface area contributed by atoms with Gasteiger partial charge in [-0.3, -0.25) is 9.69 Å². The third-order valence-electron chi connectivity index (χ3n) is 7.47. The Morgan fingerprint density at radius 2 is 1.79 bits per heavy atom. The summed E-state index contributed by atoms with van der Waals surface area (Å²) in [5.74, 6) is 0.381. The number of rotatable bonds is 6. The SMILES string of the molecule is CC1(F)CCN(Cc2ccc(-c3cccn4nc(Nc5ccc(C(=O)N6CC(O)C6)cc5)nc34)cc2)CC1. The maximum atomic E-state index is 14.1. The van der Waals surface area contributed by atoms with Crippen molar-refractivity contribution in [3.8, 4) is 11.1 Å². The molecule has 2 saturated heterocycles. The van der Waals surface area contributed by atoms with E-state index in [1.807, 2.05) is 30.5 Å². The summed E-state index contributed by atoms with van der Waals surface area (Å²) in [5, 5.41) is 17.2. The van der Waals surface area contributed by atoms with Crippen molar-refractivity contribution in [1.82, 2.24) is 24.4 Å². The van der Waals surface area contributed by atoms with E-state index in [0.717, 1.165) is 42.1 Å².